The maximum atomic E-state index is 3.75. The van der Waals surface area contributed by atoms with Gasteiger partial charge in [-0.3, -0.25) is 0 Å². The maximum Gasteiger partial charge on any atom is 0.0231 e. The van der Waals surface area contributed by atoms with Crippen molar-refractivity contribution in [3.05, 3.63) is 42.0 Å². The van der Waals surface area contributed by atoms with Gasteiger partial charge in [0.05, 0.1) is 0 Å². The second-order valence-corrected chi connectivity index (χ2v) is 4.33. The zero-order valence-electron chi connectivity index (χ0n) is 10.5. The van der Waals surface area contributed by atoms with E-state index in [4.69, 9.17) is 0 Å². The van der Waals surface area contributed by atoms with Crippen molar-refractivity contribution in [2.75, 3.05) is 20.6 Å². The van der Waals surface area contributed by atoms with Crippen molar-refractivity contribution in [2.24, 2.45) is 0 Å². The Morgan fingerprint density at radius 1 is 1.38 bits per heavy atom. The van der Waals surface area contributed by atoms with Gasteiger partial charge in [0.1, 0.15) is 0 Å². The monoisotopic (exact) mass is 218 g/mol. The molecule has 0 saturated carbocycles. The Morgan fingerprint density at radius 2 is 2.00 bits per heavy atom. The SMILES string of the molecule is C=Cc1ccc(CN(C)CC(C)NC)cc1. The lowest BCUT2D eigenvalue weighted by Gasteiger charge is -2.21. The first-order valence-electron chi connectivity index (χ1n) is 5.73. The summed E-state index contributed by atoms with van der Waals surface area (Å²) in [5.74, 6) is 0. The highest BCUT2D eigenvalue weighted by molar-refractivity contribution is 5.47. The third-order valence-corrected chi connectivity index (χ3v) is 2.75. The van der Waals surface area contributed by atoms with Gasteiger partial charge in [0.2, 0.25) is 0 Å². The molecule has 1 rings (SSSR count). The molecule has 0 aliphatic rings. The summed E-state index contributed by atoms with van der Waals surface area (Å²) in [4.78, 5) is 2.32. The number of hydrogen-bond donors (Lipinski definition) is 1. The summed E-state index contributed by atoms with van der Waals surface area (Å²) in [6, 6.07) is 9.07. The normalized spacial score (nSPS) is 12.8. The summed E-state index contributed by atoms with van der Waals surface area (Å²) in [6.45, 7) is 7.99. The molecule has 0 saturated heterocycles. The summed E-state index contributed by atoms with van der Waals surface area (Å²) in [5.41, 5.74) is 2.52. The first-order chi connectivity index (χ1) is 7.65. The molecule has 0 spiro atoms. The zero-order valence-corrected chi connectivity index (χ0v) is 10.5. The van der Waals surface area contributed by atoms with Gasteiger partial charge in [0, 0.05) is 19.1 Å². The molecule has 0 aliphatic heterocycles. The van der Waals surface area contributed by atoms with Gasteiger partial charge in [-0.15, -0.1) is 0 Å². The number of rotatable bonds is 6. The number of hydrogen-bond acceptors (Lipinski definition) is 2. The Bertz CT molecular complexity index is 316. The third-order valence-electron chi connectivity index (χ3n) is 2.75. The van der Waals surface area contributed by atoms with Crippen molar-refractivity contribution in [2.45, 2.75) is 19.5 Å². The highest BCUT2D eigenvalue weighted by atomic mass is 15.1. The summed E-state index contributed by atoms with van der Waals surface area (Å²) >= 11 is 0. The Labute approximate surface area is 99.0 Å². The summed E-state index contributed by atoms with van der Waals surface area (Å²) < 4.78 is 0. The second kappa shape index (κ2) is 6.46. The second-order valence-electron chi connectivity index (χ2n) is 4.33. The Hall–Kier alpha value is -1.12. The van der Waals surface area contributed by atoms with Gasteiger partial charge >= 0.3 is 0 Å². The molecular formula is C14H22N2. The Balaban J connectivity index is 2.49. The van der Waals surface area contributed by atoms with Gasteiger partial charge in [0.25, 0.3) is 0 Å². The average Bonchev–Trinajstić information content (AvgIpc) is 2.29. The van der Waals surface area contributed by atoms with Gasteiger partial charge in [-0.1, -0.05) is 36.9 Å². The van der Waals surface area contributed by atoms with Gasteiger partial charge in [-0.05, 0) is 32.1 Å². The third kappa shape index (κ3) is 4.17. The van der Waals surface area contributed by atoms with Crippen LogP contribution in [0.25, 0.3) is 6.08 Å². The highest BCUT2D eigenvalue weighted by Crippen LogP contribution is 2.07. The molecule has 0 fully saturated rings. The van der Waals surface area contributed by atoms with Crippen LogP contribution in [0.5, 0.6) is 0 Å². The maximum absolute atomic E-state index is 3.75. The largest absolute Gasteiger partial charge is 0.316 e. The van der Waals surface area contributed by atoms with Crippen molar-refractivity contribution in [1.82, 2.24) is 10.2 Å². The van der Waals surface area contributed by atoms with E-state index in [1.807, 2.05) is 13.1 Å². The highest BCUT2D eigenvalue weighted by Gasteiger charge is 2.04. The van der Waals surface area contributed by atoms with Gasteiger partial charge in [-0.25, -0.2) is 0 Å². The molecule has 1 unspecified atom stereocenters. The van der Waals surface area contributed by atoms with Crippen molar-refractivity contribution in [3.8, 4) is 0 Å². The lowest BCUT2D eigenvalue weighted by molar-refractivity contribution is 0.295. The lowest BCUT2D eigenvalue weighted by atomic mass is 10.1. The molecular weight excluding hydrogens is 196 g/mol. The molecule has 16 heavy (non-hydrogen) atoms. The minimum atomic E-state index is 0.525. The van der Waals surface area contributed by atoms with E-state index in [-0.39, 0.29) is 0 Å². The average molecular weight is 218 g/mol. The summed E-state index contributed by atoms with van der Waals surface area (Å²) in [7, 11) is 4.15. The predicted octanol–water partition coefficient (Wildman–Crippen LogP) is 2.37. The molecule has 0 aliphatic carbocycles. The van der Waals surface area contributed by atoms with Crippen LogP contribution in [0.1, 0.15) is 18.1 Å². The Morgan fingerprint density at radius 3 is 2.50 bits per heavy atom. The van der Waals surface area contributed by atoms with Crippen LogP contribution in [0, 0.1) is 0 Å². The molecule has 0 aromatic heterocycles. The number of nitrogens with one attached hydrogen (secondary N) is 1. The molecule has 1 aromatic carbocycles. The van der Waals surface area contributed by atoms with Gasteiger partial charge in [0.15, 0.2) is 0 Å². The van der Waals surface area contributed by atoms with E-state index in [1.165, 1.54) is 11.1 Å². The first kappa shape index (κ1) is 12.9. The van der Waals surface area contributed by atoms with Crippen molar-refractivity contribution in [3.63, 3.8) is 0 Å². The fraction of sp³-hybridized carbons (Fsp3) is 0.429. The summed E-state index contributed by atoms with van der Waals surface area (Å²) in [5, 5.41) is 3.24. The molecule has 88 valence electrons. The molecule has 1 atom stereocenters. The number of nitrogens with zero attached hydrogens (tertiary/aromatic N) is 1. The van der Waals surface area contributed by atoms with Crippen LogP contribution in [0.4, 0.5) is 0 Å². The fourth-order valence-corrected chi connectivity index (χ4v) is 1.69. The van der Waals surface area contributed by atoms with E-state index >= 15 is 0 Å². The van der Waals surface area contributed by atoms with Crippen LogP contribution < -0.4 is 5.32 Å². The Kier molecular flexibility index (Phi) is 5.23. The number of benzene rings is 1. The molecule has 1 N–H and O–H groups in total. The zero-order chi connectivity index (χ0) is 12.0. The molecule has 2 nitrogen and oxygen atoms in total. The minimum absolute atomic E-state index is 0.525. The van der Waals surface area contributed by atoms with Crippen LogP contribution in [-0.2, 0) is 6.54 Å². The van der Waals surface area contributed by atoms with E-state index in [0.717, 1.165) is 13.1 Å². The van der Waals surface area contributed by atoms with Gasteiger partial charge in [-0.2, -0.15) is 0 Å². The molecule has 0 amide bonds. The van der Waals surface area contributed by atoms with Gasteiger partial charge < -0.3 is 10.2 Å². The first-order valence-corrected chi connectivity index (χ1v) is 5.73. The molecule has 0 radical (unpaired) electrons. The smallest absolute Gasteiger partial charge is 0.0231 e. The van der Waals surface area contributed by atoms with E-state index < -0.39 is 0 Å². The molecule has 0 bridgehead atoms. The topological polar surface area (TPSA) is 15.3 Å². The van der Waals surface area contributed by atoms with Crippen LogP contribution in [0.2, 0.25) is 0 Å². The molecule has 0 heterocycles. The standard InChI is InChI=1S/C14H22N2/c1-5-13-6-8-14(9-7-13)11-16(4)10-12(2)15-3/h5-9,12,15H,1,10-11H2,2-4H3. The number of likely N-dealkylation sites (N-methyl/N-ethyl adjacent to an activating group) is 2. The van der Waals surface area contributed by atoms with Crippen LogP contribution in [-0.4, -0.2) is 31.6 Å². The van der Waals surface area contributed by atoms with Crippen molar-refractivity contribution < 1.29 is 0 Å². The van der Waals surface area contributed by atoms with E-state index in [2.05, 4.69) is 55.0 Å². The lowest BCUT2D eigenvalue weighted by Crippen LogP contribution is -2.34. The van der Waals surface area contributed by atoms with Crippen molar-refractivity contribution in [1.29, 1.82) is 0 Å². The van der Waals surface area contributed by atoms with Crippen molar-refractivity contribution >= 4 is 6.08 Å². The minimum Gasteiger partial charge on any atom is -0.316 e. The van der Waals surface area contributed by atoms with E-state index in [1.54, 1.807) is 0 Å². The fourth-order valence-electron chi connectivity index (χ4n) is 1.69. The van der Waals surface area contributed by atoms with Crippen LogP contribution in [0.3, 0.4) is 0 Å². The van der Waals surface area contributed by atoms with E-state index in [9.17, 15) is 0 Å². The molecule has 1 aromatic rings. The molecule has 2 heteroatoms. The van der Waals surface area contributed by atoms with Crippen LogP contribution >= 0.6 is 0 Å². The summed E-state index contributed by atoms with van der Waals surface area (Å²) in [6.07, 6.45) is 1.87. The van der Waals surface area contributed by atoms with Crippen LogP contribution in [0.15, 0.2) is 30.8 Å². The van der Waals surface area contributed by atoms with E-state index in [0.29, 0.717) is 6.04 Å². The predicted molar refractivity (Wildman–Crippen MR) is 71.4 cm³/mol. The quantitative estimate of drug-likeness (QED) is 0.788.